The Kier molecular flexibility index (Phi) is 3.55. The third kappa shape index (κ3) is 2.14. The van der Waals surface area contributed by atoms with Crippen molar-refractivity contribution in [3.05, 3.63) is 18.2 Å². The molecule has 0 aliphatic carbocycles. The summed E-state index contributed by atoms with van der Waals surface area (Å²) < 4.78 is 5.75. The lowest BCUT2D eigenvalue weighted by molar-refractivity contribution is 0.342. The molecule has 18 heavy (non-hydrogen) atoms. The first kappa shape index (κ1) is 12.0. The van der Waals surface area contributed by atoms with E-state index in [0.717, 1.165) is 25.4 Å². The van der Waals surface area contributed by atoms with Crippen LogP contribution in [0.5, 0.6) is 5.75 Å². The highest BCUT2D eigenvalue weighted by molar-refractivity contribution is 7.99. The van der Waals surface area contributed by atoms with E-state index in [1.165, 1.54) is 29.3 Å². The lowest BCUT2D eigenvalue weighted by Gasteiger charge is -2.36. The summed E-state index contributed by atoms with van der Waals surface area (Å²) in [5, 5.41) is 3.56. The average Bonchev–Trinajstić information content (AvgIpc) is 2.59. The van der Waals surface area contributed by atoms with Crippen molar-refractivity contribution in [1.82, 2.24) is 0 Å². The first-order valence-electron chi connectivity index (χ1n) is 6.74. The van der Waals surface area contributed by atoms with Crippen LogP contribution in [0.2, 0.25) is 0 Å². The topological polar surface area (TPSA) is 24.5 Å². The maximum atomic E-state index is 5.75. The standard InChI is InChI=1S/C14H20N2OS/c1-2-17-13-5-3-4-12-14(13)15-7-6-11-10-18-9-8-16(11)12/h3-5,11,15H,2,6-10H2,1H3. The minimum atomic E-state index is 0.675. The zero-order valence-corrected chi connectivity index (χ0v) is 11.6. The Bertz CT molecular complexity index is 424. The van der Waals surface area contributed by atoms with Crippen molar-refractivity contribution in [2.45, 2.75) is 19.4 Å². The molecule has 1 aromatic rings. The van der Waals surface area contributed by atoms with E-state index in [9.17, 15) is 0 Å². The van der Waals surface area contributed by atoms with Crippen LogP contribution in [-0.4, -0.2) is 37.2 Å². The van der Waals surface area contributed by atoms with Crippen LogP contribution in [0.1, 0.15) is 13.3 Å². The van der Waals surface area contributed by atoms with Gasteiger partial charge >= 0.3 is 0 Å². The average molecular weight is 264 g/mol. The van der Waals surface area contributed by atoms with Gasteiger partial charge in [0, 0.05) is 30.6 Å². The van der Waals surface area contributed by atoms with Crippen LogP contribution >= 0.6 is 11.8 Å². The molecule has 2 aliphatic rings. The van der Waals surface area contributed by atoms with E-state index in [-0.39, 0.29) is 0 Å². The molecule has 1 N–H and O–H groups in total. The van der Waals surface area contributed by atoms with Crippen LogP contribution in [-0.2, 0) is 0 Å². The molecule has 0 saturated carbocycles. The fourth-order valence-corrected chi connectivity index (χ4v) is 3.90. The summed E-state index contributed by atoms with van der Waals surface area (Å²) in [7, 11) is 0. The van der Waals surface area contributed by atoms with Gasteiger partial charge in [-0.15, -0.1) is 0 Å². The number of ether oxygens (including phenoxy) is 1. The third-order valence-electron chi connectivity index (χ3n) is 3.62. The number of anilines is 2. The number of fused-ring (bicyclic) bond motifs is 3. The molecule has 1 unspecified atom stereocenters. The van der Waals surface area contributed by atoms with Crippen LogP contribution in [0.15, 0.2) is 18.2 Å². The second-order valence-electron chi connectivity index (χ2n) is 4.72. The van der Waals surface area contributed by atoms with Gasteiger partial charge in [-0.1, -0.05) is 6.07 Å². The van der Waals surface area contributed by atoms with E-state index in [1.807, 2.05) is 6.92 Å². The molecule has 0 radical (unpaired) electrons. The van der Waals surface area contributed by atoms with Gasteiger partial charge in [-0.05, 0) is 25.5 Å². The quantitative estimate of drug-likeness (QED) is 0.888. The second kappa shape index (κ2) is 5.31. The zero-order valence-electron chi connectivity index (χ0n) is 10.8. The Hall–Kier alpha value is -1.03. The smallest absolute Gasteiger partial charge is 0.144 e. The largest absolute Gasteiger partial charge is 0.492 e. The first-order valence-corrected chi connectivity index (χ1v) is 7.89. The zero-order chi connectivity index (χ0) is 12.4. The van der Waals surface area contributed by atoms with Gasteiger partial charge in [-0.3, -0.25) is 0 Å². The van der Waals surface area contributed by atoms with Gasteiger partial charge in [-0.25, -0.2) is 0 Å². The molecular formula is C14H20N2OS. The molecule has 1 atom stereocenters. The normalized spacial score (nSPS) is 22.5. The number of thioether (sulfide) groups is 1. The van der Waals surface area contributed by atoms with Crippen LogP contribution < -0.4 is 15.0 Å². The molecule has 1 fully saturated rings. The summed E-state index contributed by atoms with van der Waals surface area (Å²) in [6, 6.07) is 7.07. The molecule has 98 valence electrons. The van der Waals surface area contributed by atoms with Crippen molar-refractivity contribution in [1.29, 1.82) is 0 Å². The van der Waals surface area contributed by atoms with Crippen LogP contribution in [0, 0.1) is 0 Å². The highest BCUT2D eigenvalue weighted by Gasteiger charge is 2.28. The van der Waals surface area contributed by atoms with Gasteiger partial charge in [0.1, 0.15) is 11.4 Å². The molecule has 1 saturated heterocycles. The van der Waals surface area contributed by atoms with Crippen molar-refractivity contribution >= 4 is 23.1 Å². The summed E-state index contributed by atoms with van der Waals surface area (Å²) in [6.45, 7) is 4.95. The van der Waals surface area contributed by atoms with Gasteiger partial charge < -0.3 is 15.0 Å². The van der Waals surface area contributed by atoms with Crippen molar-refractivity contribution in [3.8, 4) is 5.75 Å². The monoisotopic (exact) mass is 264 g/mol. The number of nitrogens with one attached hydrogen (secondary N) is 1. The lowest BCUT2D eigenvalue weighted by atomic mass is 10.1. The van der Waals surface area contributed by atoms with Gasteiger partial charge in [0.2, 0.25) is 0 Å². The molecule has 0 spiro atoms. The molecule has 2 aliphatic heterocycles. The van der Waals surface area contributed by atoms with E-state index < -0.39 is 0 Å². The molecule has 1 aromatic carbocycles. The van der Waals surface area contributed by atoms with E-state index in [1.54, 1.807) is 0 Å². The Labute approximate surface area is 113 Å². The number of para-hydroxylation sites is 1. The van der Waals surface area contributed by atoms with Gasteiger partial charge in [0.05, 0.1) is 12.3 Å². The molecular weight excluding hydrogens is 244 g/mol. The first-order chi connectivity index (χ1) is 8.90. The number of hydrogen-bond donors (Lipinski definition) is 1. The fourth-order valence-electron chi connectivity index (χ4n) is 2.79. The SMILES string of the molecule is CCOc1cccc2c1NCCC1CSCCN21. The number of benzene rings is 1. The van der Waals surface area contributed by atoms with Crippen LogP contribution in [0.4, 0.5) is 11.4 Å². The molecule has 0 bridgehead atoms. The summed E-state index contributed by atoms with van der Waals surface area (Å²) >= 11 is 2.08. The Balaban J connectivity index is 1.99. The summed E-state index contributed by atoms with van der Waals surface area (Å²) in [5.74, 6) is 3.48. The summed E-state index contributed by atoms with van der Waals surface area (Å²) in [5.41, 5.74) is 2.51. The number of rotatable bonds is 2. The molecule has 4 heteroatoms. The highest BCUT2D eigenvalue weighted by atomic mass is 32.2. The Morgan fingerprint density at radius 1 is 1.50 bits per heavy atom. The molecule has 3 nitrogen and oxygen atoms in total. The van der Waals surface area contributed by atoms with E-state index in [4.69, 9.17) is 4.74 Å². The van der Waals surface area contributed by atoms with Crippen molar-refractivity contribution in [3.63, 3.8) is 0 Å². The number of nitrogens with zero attached hydrogens (tertiary/aromatic N) is 1. The molecule has 0 aromatic heterocycles. The minimum Gasteiger partial charge on any atom is -0.492 e. The van der Waals surface area contributed by atoms with Crippen LogP contribution in [0.3, 0.4) is 0 Å². The van der Waals surface area contributed by atoms with E-state index >= 15 is 0 Å². The van der Waals surface area contributed by atoms with Gasteiger partial charge in [0.25, 0.3) is 0 Å². The van der Waals surface area contributed by atoms with E-state index in [0.29, 0.717) is 6.04 Å². The number of hydrogen-bond acceptors (Lipinski definition) is 4. The van der Waals surface area contributed by atoms with Gasteiger partial charge in [-0.2, -0.15) is 11.8 Å². The third-order valence-corrected chi connectivity index (χ3v) is 4.71. The Morgan fingerprint density at radius 2 is 2.44 bits per heavy atom. The van der Waals surface area contributed by atoms with Crippen molar-refractivity contribution < 1.29 is 4.74 Å². The molecule has 0 amide bonds. The second-order valence-corrected chi connectivity index (χ2v) is 5.87. The maximum Gasteiger partial charge on any atom is 0.144 e. The fraction of sp³-hybridized carbons (Fsp3) is 0.571. The lowest BCUT2D eigenvalue weighted by Crippen LogP contribution is -2.42. The van der Waals surface area contributed by atoms with Crippen molar-refractivity contribution in [2.75, 3.05) is 41.4 Å². The maximum absolute atomic E-state index is 5.75. The van der Waals surface area contributed by atoms with Crippen LogP contribution in [0.25, 0.3) is 0 Å². The van der Waals surface area contributed by atoms with Crippen molar-refractivity contribution in [2.24, 2.45) is 0 Å². The molecule has 3 rings (SSSR count). The minimum absolute atomic E-state index is 0.675. The molecule has 2 heterocycles. The van der Waals surface area contributed by atoms with E-state index in [2.05, 4.69) is 40.2 Å². The summed E-state index contributed by atoms with van der Waals surface area (Å²) in [4.78, 5) is 2.56. The van der Waals surface area contributed by atoms with Gasteiger partial charge in [0.15, 0.2) is 0 Å². The Morgan fingerprint density at radius 3 is 3.33 bits per heavy atom. The highest BCUT2D eigenvalue weighted by Crippen LogP contribution is 2.40. The summed E-state index contributed by atoms with van der Waals surface area (Å²) in [6.07, 6.45) is 1.22. The predicted octanol–water partition coefficient (Wildman–Crippen LogP) is 2.82. The predicted molar refractivity (Wildman–Crippen MR) is 79.2 cm³/mol.